The van der Waals surface area contributed by atoms with Crippen LogP contribution in [0.2, 0.25) is 10.0 Å². The van der Waals surface area contributed by atoms with Crippen molar-refractivity contribution in [3.05, 3.63) is 69.0 Å². The summed E-state index contributed by atoms with van der Waals surface area (Å²) in [6, 6.07) is 10.4. The van der Waals surface area contributed by atoms with Gasteiger partial charge in [0, 0.05) is 17.0 Å². The number of aliphatic carboxylic acids is 1. The highest BCUT2D eigenvalue weighted by Gasteiger charge is 2.60. The molecule has 0 amide bonds. The van der Waals surface area contributed by atoms with E-state index in [-0.39, 0.29) is 16.0 Å². The molecule has 0 bridgehead atoms. The summed E-state index contributed by atoms with van der Waals surface area (Å²) in [5.41, 5.74) is -0.0798. The Kier molecular flexibility index (Phi) is 6.40. The van der Waals surface area contributed by atoms with Gasteiger partial charge in [-0.05, 0) is 53.6 Å². The second kappa shape index (κ2) is 8.43. The summed E-state index contributed by atoms with van der Waals surface area (Å²) in [6.45, 7) is 7.89. The lowest BCUT2D eigenvalue weighted by Gasteiger charge is -2.38. The minimum absolute atomic E-state index is 0.111. The molecule has 2 aromatic carbocycles. The van der Waals surface area contributed by atoms with Gasteiger partial charge < -0.3 is 5.11 Å². The first-order valence-corrected chi connectivity index (χ1v) is 10.8. The minimum Gasteiger partial charge on any atom is -0.480 e. The number of benzene rings is 2. The number of carbonyl (C=O) groups is 1. The van der Waals surface area contributed by atoms with E-state index in [1.54, 1.807) is 24.3 Å². The number of aryl methyl sites for hydroxylation is 1. The monoisotopic (exact) mass is 462 g/mol. The van der Waals surface area contributed by atoms with Crippen LogP contribution in [0.4, 0.5) is 4.39 Å². The summed E-state index contributed by atoms with van der Waals surface area (Å²) in [5.74, 6) is -2.85. The van der Waals surface area contributed by atoms with Gasteiger partial charge in [0.05, 0.1) is 11.1 Å². The maximum absolute atomic E-state index is 15.2. The van der Waals surface area contributed by atoms with Crippen molar-refractivity contribution in [1.29, 1.82) is 5.26 Å². The molecule has 31 heavy (non-hydrogen) atoms. The molecule has 2 N–H and O–H groups in total. The highest BCUT2D eigenvalue weighted by atomic mass is 35.5. The predicted molar refractivity (Wildman–Crippen MR) is 120 cm³/mol. The molecular formula is C24H25Cl2FN2O2. The van der Waals surface area contributed by atoms with Crippen LogP contribution in [0.3, 0.4) is 0 Å². The van der Waals surface area contributed by atoms with E-state index < -0.39 is 35.2 Å². The van der Waals surface area contributed by atoms with Gasteiger partial charge in [0.25, 0.3) is 0 Å². The zero-order chi connectivity index (χ0) is 23.1. The summed E-state index contributed by atoms with van der Waals surface area (Å²) in [6.07, 6.45) is 0.505. The zero-order valence-electron chi connectivity index (χ0n) is 17.8. The van der Waals surface area contributed by atoms with Gasteiger partial charge in [-0.2, -0.15) is 5.26 Å². The minimum atomic E-state index is -1.35. The molecule has 1 fully saturated rings. The summed E-state index contributed by atoms with van der Waals surface area (Å²) >= 11 is 12.2. The molecule has 2 aromatic rings. The molecule has 1 aliphatic heterocycles. The Balaban J connectivity index is 2.38. The van der Waals surface area contributed by atoms with E-state index in [0.29, 0.717) is 17.0 Å². The summed E-state index contributed by atoms with van der Waals surface area (Å²) < 4.78 is 15.2. The number of nitrogens with zero attached hydrogens (tertiary/aromatic N) is 1. The second-order valence-corrected chi connectivity index (χ2v) is 10.2. The third-order valence-corrected chi connectivity index (χ3v) is 6.50. The van der Waals surface area contributed by atoms with Gasteiger partial charge in [-0.1, -0.05) is 62.2 Å². The van der Waals surface area contributed by atoms with E-state index in [1.165, 1.54) is 12.1 Å². The van der Waals surface area contributed by atoms with Crippen molar-refractivity contribution < 1.29 is 14.3 Å². The van der Waals surface area contributed by atoms with Gasteiger partial charge in [-0.3, -0.25) is 10.1 Å². The van der Waals surface area contributed by atoms with Gasteiger partial charge in [-0.25, -0.2) is 4.39 Å². The first-order chi connectivity index (χ1) is 14.4. The van der Waals surface area contributed by atoms with E-state index >= 15 is 4.39 Å². The smallest absolute Gasteiger partial charge is 0.321 e. The van der Waals surface area contributed by atoms with E-state index in [4.69, 9.17) is 23.2 Å². The number of hydrogen-bond acceptors (Lipinski definition) is 3. The van der Waals surface area contributed by atoms with Gasteiger partial charge in [0.1, 0.15) is 17.3 Å². The number of carboxylic acid groups (broad SMARTS) is 1. The fourth-order valence-corrected chi connectivity index (χ4v) is 5.22. The van der Waals surface area contributed by atoms with Crippen LogP contribution in [0.1, 0.15) is 49.8 Å². The molecule has 3 rings (SSSR count). The Morgan fingerprint density at radius 3 is 2.52 bits per heavy atom. The molecule has 0 radical (unpaired) electrons. The Morgan fingerprint density at radius 1 is 1.29 bits per heavy atom. The van der Waals surface area contributed by atoms with Gasteiger partial charge in [-0.15, -0.1) is 0 Å². The van der Waals surface area contributed by atoms with Crippen LogP contribution in [-0.2, 0) is 10.2 Å². The quantitative estimate of drug-likeness (QED) is 0.597. The molecule has 1 aliphatic rings. The van der Waals surface area contributed by atoms with Crippen LogP contribution >= 0.6 is 23.2 Å². The fourth-order valence-electron chi connectivity index (χ4n) is 4.81. The molecule has 0 aliphatic carbocycles. The number of halogens is 3. The summed E-state index contributed by atoms with van der Waals surface area (Å²) in [4.78, 5) is 12.3. The third-order valence-electron chi connectivity index (χ3n) is 5.97. The van der Waals surface area contributed by atoms with Crippen molar-refractivity contribution >= 4 is 29.2 Å². The molecule has 4 atom stereocenters. The molecule has 0 aromatic heterocycles. The van der Waals surface area contributed by atoms with Crippen LogP contribution in [0.15, 0.2) is 36.4 Å². The van der Waals surface area contributed by atoms with Crippen molar-refractivity contribution in [1.82, 2.24) is 5.32 Å². The van der Waals surface area contributed by atoms with Gasteiger partial charge in [0.2, 0.25) is 0 Å². The lowest BCUT2D eigenvalue weighted by molar-refractivity contribution is -0.139. The largest absolute Gasteiger partial charge is 0.480 e. The normalized spacial score (nSPS) is 25.9. The maximum atomic E-state index is 15.2. The Bertz CT molecular complexity index is 1060. The van der Waals surface area contributed by atoms with Crippen molar-refractivity contribution in [2.75, 3.05) is 0 Å². The molecule has 0 saturated carbocycles. The van der Waals surface area contributed by atoms with Crippen LogP contribution in [0, 0.1) is 29.5 Å². The molecule has 4 nitrogen and oxygen atoms in total. The Labute approximate surface area is 192 Å². The summed E-state index contributed by atoms with van der Waals surface area (Å²) in [7, 11) is 0. The van der Waals surface area contributed by atoms with Crippen molar-refractivity contribution in [3.63, 3.8) is 0 Å². The average molecular weight is 463 g/mol. The lowest BCUT2D eigenvalue weighted by Crippen LogP contribution is -2.44. The number of hydrogen-bond donors (Lipinski definition) is 2. The van der Waals surface area contributed by atoms with Crippen molar-refractivity contribution in [3.8, 4) is 6.07 Å². The fraction of sp³-hybridized carbons (Fsp3) is 0.417. The first-order valence-electron chi connectivity index (χ1n) is 10.0. The SMILES string of the molecule is Cc1cc(Cl)ccc1[C@@]1(C#N)[C@H](CC(C)(C)C)N[C@@H](C(=O)O)[C@@H]1c1cccc(Cl)c1F. The van der Waals surface area contributed by atoms with Crippen molar-refractivity contribution in [2.45, 2.75) is 57.5 Å². The molecule has 164 valence electrons. The number of nitrogens with one attached hydrogen (secondary N) is 1. The molecule has 1 saturated heterocycles. The van der Waals surface area contributed by atoms with Crippen LogP contribution < -0.4 is 5.32 Å². The van der Waals surface area contributed by atoms with E-state index in [2.05, 4.69) is 11.4 Å². The topological polar surface area (TPSA) is 73.1 Å². The zero-order valence-corrected chi connectivity index (χ0v) is 19.4. The van der Waals surface area contributed by atoms with Crippen molar-refractivity contribution in [2.24, 2.45) is 5.41 Å². The van der Waals surface area contributed by atoms with Crippen LogP contribution in [0.5, 0.6) is 0 Å². The van der Waals surface area contributed by atoms with E-state index in [1.807, 2.05) is 27.7 Å². The Morgan fingerprint density at radius 2 is 1.97 bits per heavy atom. The first kappa shape index (κ1) is 23.5. The molecule has 0 unspecified atom stereocenters. The lowest BCUT2D eigenvalue weighted by atomic mass is 9.62. The van der Waals surface area contributed by atoms with Crippen LogP contribution in [-0.4, -0.2) is 23.2 Å². The molecule has 0 spiro atoms. The van der Waals surface area contributed by atoms with E-state index in [9.17, 15) is 15.2 Å². The Hall–Kier alpha value is -2.13. The molecular weight excluding hydrogens is 438 g/mol. The molecule has 1 heterocycles. The second-order valence-electron chi connectivity index (χ2n) is 9.36. The van der Waals surface area contributed by atoms with Gasteiger partial charge >= 0.3 is 5.97 Å². The maximum Gasteiger partial charge on any atom is 0.321 e. The highest BCUT2D eigenvalue weighted by Crippen LogP contribution is 2.52. The number of rotatable bonds is 4. The standard InChI is InChI=1S/C24H25Cl2FN2O2/c1-13-10-14(25)8-9-16(13)24(12-28)18(11-23(2,3)4)29-21(22(30)31)19(24)15-6-5-7-17(26)20(15)27/h5-10,18-19,21,29H,11H2,1-4H3,(H,30,31)/t18-,19-,21+,24-/m0/s1. The average Bonchev–Trinajstić information content (AvgIpc) is 2.97. The summed E-state index contributed by atoms with van der Waals surface area (Å²) in [5, 5.41) is 24.3. The highest BCUT2D eigenvalue weighted by molar-refractivity contribution is 6.31. The predicted octanol–water partition coefficient (Wildman–Crippen LogP) is 5.85. The number of carboxylic acids is 1. The van der Waals surface area contributed by atoms with Gasteiger partial charge in [0.15, 0.2) is 0 Å². The third kappa shape index (κ3) is 4.17. The molecule has 7 heteroatoms. The van der Waals surface area contributed by atoms with Crippen LogP contribution in [0.25, 0.3) is 0 Å². The van der Waals surface area contributed by atoms with E-state index in [0.717, 1.165) is 5.56 Å². The number of nitriles is 1.